The summed E-state index contributed by atoms with van der Waals surface area (Å²) < 4.78 is 5.22. The fourth-order valence-corrected chi connectivity index (χ4v) is 3.16. The molecule has 0 aliphatic carbocycles. The molecule has 2 N–H and O–H groups in total. The van der Waals surface area contributed by atoms with Gasteiger partial charge in [-0.1, -0.05) is 18.2 Å². The molecule has 2 saturated heterocycles. The Bertz CT molecular complexity index is 503. The molecule has 2 aliphatic heterocycles. The molecule has 1 unspecified atom stereocenters. The van der Waals surface area contributed by atoms with Crippen molar-refractivity contribution in [3.63, 3.8) is 0 Å². The Labute approximate surface area is 117 Å². The number of anilines is 1. The molecule has 3 atom stereocenters. The van der Waals surface area contributed by atoms with Gasteiger partial charge in [-0.3, -0.25) is 4.79 Å². The second-order valence-electron chi connectivity index (χ2n) is 5.47. The summed E-state index contributed by atoms with van der Waals surface area (Å²) in [6, 6.07) is 9.33. The Morgan fingerprint density at radius 2 is 2.15 bits per heavy atom. The van der Waals surface area contributed by atoms with Crippen LogP contribution < -0.4 is 10.2 Å². The average Bonchev–Trinajstić information content (AvgIpc) is 2.92. The van der Waals surface area contributed by atoms with Crippen LogP contribution in [0.3, 0.4) is 0 Å². The molecule has 1 amide bonds. The number of esters is 1. The first-order valence-electron chi connectivity index (χ1n) is 7.11. The minimum atomic E-state index is -0.347. The molecule has 3 rings (SSSR count). The third-order valence-electron chi connectivity index (χ3n) is 4.15. The van der Waals surface area contributed by atoms with E-state index in [1.165, 1.54) is 4.90 Å². The molecule has 0 bridgehead atoms. The summed E-state index contributed by atoms with van der Waals surface area (Å²) in [5, 5.41) is 2.83. The lowest BCUT2D eigenvalue weighted by molar-refractivity contribution is -0.933. The first kappa shape index (κ1) is 13.1. The van der Waals surface area contributed by atoms with Crippen LogP contribution in [0.15, 0.2) is 30.3 Å². The molecule has 1 aromatic carbocycles. The highest BCUT2D eigenvalue weighted by atomic mass is 16.5. The van der Waals surface area contributed by atoms with Crippen LogP contribution in [0.2, 0.25) is 0 Å². The topological polar surface area (TPSA) is 59.8 Å². The summed E-state index contributed by atoms with van der Waals surface area (Å²) in [5.41, 5.74) is 0.759. The Kier molecular flexibility index (Phi) is 3.69. The van der Waals surface area contributed by atoms with E-state index in [4.69, 9.17) is 4.74 Å². The number of hydrogen-bond donors (Lipinski definition) is 2. The van der Waals surface area contributed by atoms with Crippen LogP contribution in [0.5, 0.6) is 0 Å². The van der Waals surface area contributed by atoms with Crippen LogP contribution in [0.25, 0.3) is 0 Å². The number of para-hydroxylation sites is 1. The number of carbonyl (C=O) groups excluding carboxylic acids is 2. The lowest BCUT2D eigenvalue weighted by Crippen LogP contribution is -3.20. The predicted molar refractivity (Wildman–Crippen MR) is 73.3 cm³/mol. The van der Waals surface area contributed by atoms with Crippen LogP contribution in [0.1, 0.15) is 19.3 Å². The molecule has 5 nitrogen and oxygen atoms in total. The number of ether oxygens (including phenoxy) is 1. The van der Waals surface area contributed by atoms with E-state index in [1.807, 2.05) is 30.3 Å². The minimum Gasteiger partial charge on any atom is -0.455 e. The number of nitrogens with one attached hydrogen (secondary N) is 2. The van der Waals surface area contributed by atoms with Crippen molar-refractivity contribution in [1.29, 1.82) is 0 Å². The average molecular weight is 275 g/mol. The van der Waals surface area contributed by atoms with E-state index >= 15 is 0 Å². The Hall–Kier alpha value is -1.88. The molecule has 0 spiro atoms. The van der Waals surface area contributed by atoms with Crippen molar-refractivity contribution in [3.8, 4) is 0 Å². The van der Waals surface area contributed by atoms with Crippen molar-refractivity contribution in [2.75, 3.05) is 18.5 Å². The minimum absolute atomic E-state index is 0.127. The van der Waals surface area contributed by atoms with E-state index in [2.05, 4.69) is 5.32 Å². The van der Waals surface area contributed by atoms with Gasteiger partial charge in [-0.15, -0.1) is 0 Å². The SMILES string of the molecule is O=C(C[C@H]1C(=O)OC[C@@H]2CCC[NH+]21)Nc1ccccc1. The molecular formula is C15H19N2O3+. The van der Waals surface area contributed by atoms with Gasteiger partial charge in [0, 0.05) is 18.5 Å². The summed E-state index contributed by atoms with van der Waals surface area (Å²) >= 11 is 0. The highest BCUT2D eigenvalue weighted by Gasteiger charge is 2.45. The maximum absolute atomic E-state index is 12.1. The van der Waals surface area contributed by atoms with Gasteiger partial charge in [-0.2, -0.15) is 0 Å². The van der Waals surface area contributed by atoms with Crippen LogP contribution in [0.4, 0.5) is 5.69 Å². The van der Waals surface area contributed by atoms with Gasteiger partial charge in [0.15, 0.2) is 6.04 Å². The third-order valence-corrected chi connectivity index (χ3v) is 4.15. The first-order chi connectivity index (χ1) is 9.74. The van der Waals surface area contributed by atoms with Gasteiger partial charge < -0.3 is 15.0 Å². The van der Waals surface area contributed by atoms with E-state index < -0.39 is 0 Å². The van der Waals surface area contributed by atoms with Crippen LogP contribution in [0, 0.1) is 0 Å². The molecule has 0 saturated carbocycles. The zero-order valence-corrected chi connectivity index (χ0v) is 11.3. The number of rotatable bonds is 3. The van der Waals surface area contributed by atoms with Gasteiger partial charge in [0.25, 0.3) is 0 Å². The number of cyclic esters (lactones) is 1. The summed E-state index contributed by atoms with van der Waals surface area (Å²) in [4.78, 5) is 25.2. The zero-order valence-electron chi connectivity index (χ0n) is 11.3. The normalized spacial score (nSPS) is 28.6. The molecule has 0 radical (unpaired) electrons. The number of benzene rings is 1. The van der Waals surface area contributed by atoms with Gasteiger partial charge in [-0.25, -0.2) is 4.79 Å². The first-order valence-corrected chi connectivity index (χ1v) is 7.11. The van der Waals surface area contributed by atoms with E-state index in [1.54, 1.807) is 0 Å². The number of hydrogen-bond acceptors (Lipinski definition) is 3. The van der Waals surface area contributed by atoms with E-state index in [0.29, 0.717) is 12.6 Å². The second kappa shape index (κ2) is 5.63. The molecule has 2 fully saturated rings. The largest absolute Gasteiger partial charge is 0.455 e. The number of quaternary nitrogens is 1. The van der Waals surface area contributed by atoms with Crippen molar-refractivity contribution in [2.24, 2.45) is 0 Å². The summed E-state index contributed by atoms with van der Waals surface area (Å²) in [6.45, 7) is 1.47. The number of carbonyl (C=O) groups is 2. The van der Waals surface area contributed by atoms with Gasteiger partial charge in [0.05, 0.1) is 13.0 Å². The van der Waals surface area contributed by atoms with Crippen molar-refractivity contribution >= 4 is 17.6 Å². The number of amides is 1. The highest BCUT2D eigenvalue weighted by molar-refractivity contribution is 5.93. The highest BCUT2D eigenvalue weighted by Crippen LogP contribution is 2.11. The lowest BCUT2D eigenvalue weighted by Gasteiger charge is -2.32. The Morgan fingerprint density at radius 3 is 2.95 bits per heavy atom. The van der Waals surface area contributed by atoms with E-state index in [-0.39, 0.29) is 24.3 Å². The molecule has 2 heterocycles. The van der Waals surface area contributed by atoms with Gasteiger partial charge >= 0.3 is 5.97 Å². The number of morpholine rings is 1. The van der Waals surface area contributed by atoms with E-state index in [0.717, 1.165) is 25.1 Å². The second-order valence-corrected chi connectivity index (χ2v) is 5.47. The fraction of sp³-hybridized carbons (Fsp3) is 0.467. The molecule has 20 heavy (non-hydrogen) atoms. The van der Waals surface area contributed by atoms with Crippen LogP contribution >= 0.6 is 0 Å². The standard InChI is InChI=1S/C15H18N2O3/c18-14(16-11-5-2-1-3-6-11)9-13-15(19)20-10-12-7-4-8-17(12)13/h1-3,5-6,12-13H,4,7-10H2,(H,16,18)/p+1/t12-,13-/m0/s1. The van der Waals surface area contributed by atoms with Gasteiger partial charge in [0.1, 0.15) is 12.6 Å². The van der Waals surface area contributed by atoms with E-state index in [9.17, 15) is 9.59 Å². The molecule has 2 aliphatic rings. The molecule has 106 valence electrons. The zero-order chi connectivity index (χ0) is 13.9. The smallest absolute Gasteiger partial charge is 0.365 e. The Balaban J connectivity index is 1.63. The Morgan fingerprint density at radius 1 is 1.35 bits per heavy atom. The lowest BCUT2D eigenvalue weighted by atomic mass is 10.1. The van der Waals surface area contributed by atoms with Gasteiger partial charge in [0.2, 0.25) is 5.91 Å². The summed E-state index contributed by atoms with van der Waals surface area (Å²) in [7, 11) is 0. The maximum Gasteiger partial charge on any atom is 0.365 e. The molecular weight excluding hydrogens is 256 g/mol. The maximum atomic E-state index is 12.1. The molecule has 0 aromatic heterocycles. The van der Waals surface area contributed by atoms with Crippen molar-refractivity contribution in [2.45, 2.75) is 31.3 Å². The van der Waals surface area contributed by atoms with Crippen molar-refractivity contribution in [3.05, 3.63) is 30.3 Å². The summed E-state index contributed by atoms with van der Waals surface area (Å²) in [5.74, 6) is -0.362. The van der Waals surface area contributed by atoms with Crippen LogP contribution in [-0.4, -0.2) is 37.1 Å². The fourth-order valence-electron chi connectivity index (χ4n) is 3.16. The quantitative estimate of drug-likeness (QED) is 0.763. The monoisotopic (exact) mass is 275 g/mol. The van der Waals surface area contributed by atoms with Crippen molar-refractivity contribution in [1.82, 2.24) is 0 Å². The van der Waals surface area contributed by atoms with Crippen LogP contribution in [-0.2, 0) is 14.3 Å². The third kappa shape index (κ3) is 2.67. The predicted octanol–water partition coefficient (Wildman–Crippen LogP) is -0.0121. The van der Waals surface area contributed by atoms with Crippen molar-refractivity contribution < 1.29 is 19.2 Å². The molecule has 1 aromatic rings. The summed E-state index contributed by atoms with van der Waals surface area (Å²) in [6.07, 6.45) is 2.38. The molecule has 5 heteroatoms. The van der Waals surface area contributed by atoms with Gasteiger partial charge in [-0.05, 0) is 12.1 Å². The number of fused-ring (bicyclic) bond motifs is 1.